The van der Waals surface area contributed by atoms with Crippen molar-refractivity contribution in [3.8, 4) is 0 Å². The Morgan fingerprint density at radius 2 is 1.81 bits per heavy atom. The molecule has 1 heterocycles. The molecule has 1 saturated heterocycles. The number of carbonyl (C=O) groups excluding carboxylic acids is 1. The van der Waals surface area contributed by atoms with Crippen LogP contribution in [0.25, 0.3) is 0 Å². The molecular weight excluding hydrogens is 372 g/mol. The van der Waals surface area contributed by atoms with Gasteiger partial charge in [-0.25, -0.2) is 8.42 Å². The van der Waals surface area contributed by atoms with Gasteiger partial charge in [-0.2, -0.15) is 4.31 Å². The molecule has 0 radical (unpaired) electrons. The third kappa shape index (κ3) is 4.09. The largest absolute Gasteiger partial charge is 0.321 e. The number of halogens is 1. The van der Waals surface area contributed by atoms with E-state index in [-0.39, 0.29) is 10.5 Å². The normalized spacial score (nSPS) is 15.6. The number of nitrogens with one attached hydrogen (secondary N) is 1. The number of sulfonamides is 1. The number of nitrogens with zero attached hydrogens (tertiary/aromatic N) is 1. The van der Waals surface area contributed by atoms with Crippen LogP contribution in [-0.4, -0.2) is 31.7 Å². The Hall–Kier alpha value is -1.89. The quantitative estimate of drug-likeness (QED) is 0.852. The summed E-state index contributed by atoms with van der Waals surface area (Å²) >= 11 is 6.15. The van der Waals surface area contributed by atoms with Crippen LogP contribution in [0.3, 0.4) is 0 Å². The highest BCUT2D eigenvalue weighted by atomic mass is 35.5. The molecule has 3 rings (SSSR count). The second kappa shape index (κ2) is 7.78. The molecule has 138 valence electrons. The summed E-state index contributed by atoms with van der Waals surface area (Å²) in [5, 5.41) is 3.17. The maximum absolute atomic E-state index is 12.8. The van der Waals surface area contributed by atoms with Gasteiger partial charge in [0.15, 0.2) is 0 Å². The maximum atomic E-state index is 12.8. The Morgan fingerprint density at radius 3 is 2.50 bits per heavy atom. The summed E-state index contributed by atoms with van der Waals surface area (Å²) in [4.78, 5) is 12.7. The van der Waals surface area contributed by atoms with Crippen LogP contribution >= 0.6 is 11.6 Å². The second-order valence-corrected chi connectivity index (χ2v) is 8.78. The lowest BCUT2D eigenvalue weighted by atomic mass is 10.2. The van der Waals surface area contributed by atoms with E-state index >= 15 is 0 Å². The van der Waals surface area contributed by atoms with E-state index in [1.54, 1.807) is 24.3 Å². The van der Waals surface area contributed by atoms with Crippen molar-refractivity contribution >= 4 is 33.2 Å². The molecule has 0 atom stereocenters. The summed E-state index contributed by atoms with van der Waals surface area (Å²) in [5.41, 5.74) is 1.76. The van der Waals surface area contributed by atoms with Crippen LogP contribution in [0.4, 0.5) is 5.69 Å². The summed E-state index contributed by atoms with van der Waals surface area (Å²) in [6, 6.07) is 11.5. The van der Waals surface area contributed by atoms with Crippen LogP contribution in [0, 0.1) is 6.92 Å². The molecule has 5 nitrogen and oxygen atoms in total. The monoisotopic (exact) mass is 392 g/mol. The fourth-order valence-electron chi connectivity index (χ4n) is 2.97. The average molecular weight is 393 g/mol. The molecule has 0 saturated carbocycles. The first-order valence-electron chi connectivity index (χ1n) is 8.55. The molecule has 2 aromatic carbocycles. The molecule has 1 aliphatic heterocycles. The zero-order valence-electron chi connectivity index (χ0n) is 14.5. The molecule has 1 aliphatic rings. The molecule has 0 aliphatic carbocycles. The van der Waals surface area contributed by atoms with Crippen LogP contribution in [0.1, 0.15) is 35.2 Å². The highest BCUT2D eigenvalue weighted by molar-refractivity contribution is 7.89. The number of anilines is 1. The van der Waals surface area contributed by atoms with Crippen molar-refractivity contribution in [1.29, 1.82) is 0 Å². The summed E-state index contributed by atoms with van der Waals surface area (Å²) in [6.45, 7) is 2.96. The van der Waals surface area contributed by atoms with Crippen LogP contribution < -0.4 is 5.32 Å². The van der Waals surface area contributed by atoms with Gasteiger partial charge in [0.2, 0.25) is 10.0 Å². The Labute approximate surface area is 159 Å². The van der Waals surface area contributed by atoms with E-state index in [4.69, 9.17) is 11.6 Å². The van der Waals surface area contributed by atoms with E-state index in [1.165, 1.54) is 16.4 Å². The summed E-state index contributed by atoms with van der Waals surface area (Å²) in [5.74, 6) is -0.397. The maximum Gasteiger partial charge on any atom is 0.255 e. The number of amides is 1. The zero-order chi connectivity index (χ0) is 18.7. The van der Waals surface area contributed by atoms with E-state index in [2.05, 4.69) is 5.32 Å². The molecule has 1 N–H and O–H groups in total. The zero-order valence-corrected chi connectivity index (χ0v) is 16.1. The van der Waals surface area contributed by atoms with Crippen molar-refractivity contribution in [3.63, 3.8) is 0 Å². The molecule has 0 spiro atoms. The van der Waals surface area contributed by atoms with E-state index in [0.29, 0.717) is 23.8 Å². The van der Waals surface area contributed by atoms with E-state index in [1.807, 2.05) is 13.0 Å². The number of benzene rings is 2. The third-order valence-corrected chi connectivity index (χ3v) is 6.63. The van der Waals surface area contributed by atoms with Gasteiger partial charge >= 0.3 is 0 Å². The van der Waals surface area contributed by atoms with Crippen LogP contribution in [0.2, 0.25) is 5.02 Å². The number of rotatable bonds is 4. The van der Waals surface area contributed by atoms with Gasteiger partial charge in [0.25, 0.3) is 5.91 Å². The average Bonchev–Trinajstić information content (AvgIpc) is 2.65. The predicted molar refractivity (Wildman–Crippen MR) is 103 cm³/mol. The molecule has 0 unspecified atom stereocenters. The van der Waals surface area contributed by atoms with Gasteiger partial charge in [-0.05, 0) is 55.7 Å². The van der Waals surface area contributed by atoms with Gasteiger partial charge in [0.05, 0.1) is 15.6 Å². The van der Waals surface area contributed by atoms with Crippen molar-refractivity contribution in [2.24, 2.45) is 0 Å². The van der Waals surface area contributed by atoms with Crippen molar-refractivity contribution in [2.45, 2.75) is 31.1 Å². The molecular formula is C19H21ClN2O3S. The standard InChI is InChI=1S/C19H21ClN2O3S/c1-14-8-9-18(17(20)12-14)21-19(23)15-6-5-7-16(13-15)26(24,25)22-10-3-2-4-11-22/h5-9,12-13H,2-4,10-11H2,1H3,(H,21,23). The Morgan fingerprint density at radius 1 is 1.08 bits per heavy atom. The minimum atomic E-state index is -3.58. The van der Waals surface area contributed by atoms with E-state index < -0.39 is 15.9 Å². The summed E-state index contributed by atoms with van der Waals surface area (Å²) in [7, 11) is -3.58. The lowest BCUT2D eigenvalue weighted by molar-refractivity contribution is 0.102. The van der Waals surface area contributed by atoms with Gasteiger partial charge in [-0.3, -0.25) is 4.79 Å². The highest BCUT2D eigenvalue weighted by Crippen LogP contribution is 2.25. The van der Waals surface area contributed by atoms with E-state index in [0.717, 1.165) is 24.8 Å². The lowest BCUT2D eigenvalue weighted by Gasteiger charge is -2.26. The second-order valence-electron chi connectivity index (χ2n) is 6.43. The van der Waals surface area contributed by atoms with Crippen LogP contribution in [0.5, 0.6) is 0 Å². The van der Waals surface area contributed by atoms with Crippen LogP contribution in [-0.2, 0) is 10.0 Å². The Bertz CT molecular complexity index is 922. The number of carbonyl (C=O) groups is 1. The molecule has 2 aromatic rings. The molecule has 0 bridgehead atoms. The molecule has 0 aromatic heterocycles. The topological polar surface area (TPSA) is 66.5 Å². The fourth-order valence-corrected chi connectivity index (χ4v) is 4.81. The third-order valence-electron chi connectivity index (χ3n) is 4.42. The Balaban J connectivity index is 1.83. The van der Waals surface area contributed by atoms with Gasteiger partial charge < -0.3 is 5.32 Å². The first kappa shape index (κ1) is 18.9. The van der Waals surface area contributed by atoms with Gasteiger partial charge in [-0.15, -0.1) is 0 Å². The molecule has 7 heteroatoms. The molecule has 1 amide bonds. The minimum absolute atomic E-state index is 0.141. The molecule has 1 fully saturated rings. The van der Waals surface area contributed by atoms with Gasteiger partial charge in [0.1, 0.15) is 0 Å². The highest BCUT2D eigenvalue weighted by Gasteiger charge is 2.26. The van der Waals surface area contributed by atoms with Gasteiger partial charge in [-0.1, -0.05) is 30.2 Å². The Kier molecular flexibility index (Phi) is 5.65. The fraction of sp³-hybridized carbons (Fsp3) is 0.316. The van der Waals surface area contributed by atoms with Gasteiger partial charge in [0, 0.05) is 18.7 Å². The summed E-state index contributed by atoms with van der Waals surface area (Å²) in [6.07, 6.45) is 2.78. The first-order chi connectivity index (χ1) is 12.4. The number of aryl methyl sites for hydroxylation is 1. The lowest BCUT2D eigenvalue weighted by Crippen LogP contribution is -2.35. The van der Waals surface area contributed by atoms with Crippen molar-refractivity contribution in [3.05, 3.63) is 58.6 Å². The number of piperidine rings is 1. The first-order valence-corrected chi connectivity index (χ1v) is 10.4. The predicted octanol–water partition coefficient (Wildman–Crippen LogP) is 4.08. The van der Waals surface area contributed by atoms with Crippen LogP contribution in [0.15, 0.2) is 47.4 Å². The summed E-state index contributed by atoms with van der Waals surface area (Å²) < 4.78 is 27.1. The van der Waals surface area contributed by atoms with Crippen molar-refractivity contribution in [2.75, 3.05) is 18.4 Å². The minimum Gasteiger partial charge on any atom is -0.321 e. The smallest absolute Gasteiger partial charge is 0.255 e. The SMILES string of the molecule is Cc1ccc(NC(=O)c2cccc(S(=O)(=O)N3CCCCC3)c2)c(Cl)c1. The van der Waals surface area contributed by atoms with E-state index in [9.17, 15) is 13.2 Å². The van der Waals surface area contributed by atoms with Crippen molar-refractivity contribution < 1.29 is 13.2 Å². The number of hydrogen-bond acceptors (Lipinski definition) is 3. The number of hydrogen-bond donors (Lipinski definition) is 1. The van der Waals surface area contributed by atoms with Crippen molar-refractivity contribution in [1.82, 2.24) is 4.31 Å². The molecule has 26 heavy (non-hydrogen) atoms.